The van der Waals surface area contributed by atoms with Crippen LogP contribution in [0, 0.1) is 11.3 Å². The van der Waals surface area contributed by atoms with Gasteiger partial charge in [0.1, 0.15) is 23.6 Å². The summed E-state index contributed by atoms with van der Waals surface area (Å²) in [5.74, 6) is 0.790. The van der Waals surface area contributed by atoms with Crippen molar-refractivity contribution in [3.05, 3.63) is 29.3 Å². The van der Waals surface area contributed by atoms with Crippen molar-refractivity contribution in [1.29, 1.82) is 5.26 Å². The molecule has 0 N–H and O–H groups in total. The molecule has 0 bridgehead atoms. The lowest BCUT2D eigenvalue weighted by Gasteiger charge is -2.29. The summed E-state index contributed by atoms with van der Waals surface area (Å²) in [4.78, 5) is 0. The molecule has 3 nitrogen and oxygen atoms in total. The Hall–Kier alpha value is -1.53. The molecule has 1 saturated heterocycles. The molecule has 76 valence electrons. The lowest BCUT2D eigenvalue weighted by Crippen LogP contribution is -2.37. The van der Waals surface area contributed by atoms with Gasteiger partial charge in [-0.3, -0.25) is 0 Å². The first-order chi connectivity index (χ1) is 7.12. The third-order valence-corrected chi connectivity index (χ3v) is 3.00. The minimum atomic E-state index is -0.286. The van der Waals surface area contributed by atoms with Gasteiger partial charge in [0, 0.05) is 5.56 Å². The highest BCUT2D eigenvalue weighted by Gasteiger charge is 2.56. The van der Waals surface area contributed by atoms with Crippen molar-refractivity contribution in [3.8, 4) is 11.8 Å². The molecule has 0 radical (unpaired) electrons. The number of benzene rings is 1. The van der Waals surface area contributed by atoms with E-state index in [-0.39, 0.29) is 17.8 Å². The number of fused-ring (bicyclic) bond motifs is 3. The fourth-order valence-corrected chi connectivity index (χ4v) is 2.15. The van der Waals surface area contributed by atoms with Crippen LogP contribution in [0.4, 0.5) is 0 Å². The molecule has 3 heteroatoms. The van der Waals surface area contributed by atoms with E-state index in [1.54, 1.807) is 12.1 Å². The summed E-state index contributed by atoms with van der Waals surface area (Å²) in [6.45, 7) is 4.03. The summed E-state index contributed by atoms with van der Waals surface area (Å²) < 4.78 is 11.4. The number of nitriles is 1. The van der Waals surface area contributed by atoms with Crippen LogP contribution >= 0.6 is 0 Å². The van der Waals surface area contributed by atoms with E-state index in [0.29, 0.717) is 5.56 Å². The maximum atomic E-state index is 8.81. The summed E-state index contributed by atoms with van der Waals surface area (Å²) in [6.07, 6.45) is 0.328. The van der Waals surface area contributed by atoms with E-state index in [1.165, 1.54) is 0 Å². The van der Waals surface area contributed by atoms with Crippen LogP contribution in [0.2, 0.25) is 0 Å². The Labute approximate surface area is 88.2 Å². The highest BCUT2D eigenvalue weighted by molar-refractivity contribution is 5.47. The molecule has 0 amide bonds. The van der Waals surface area contributed by atoms with Crippen LogP contribution in [0.1, 0.15) is 31.1 Å². The average Bonchev–Trinajstić information content (AvgIpc) is 2.96. The molecule has 0 unspecified atom stereocenters. The third kappa shape index (κ3) is 1.15. The van der Waals surface area contributed by atoms with Gasteiger partial charge >= 0.3 is 0 Å². The Morgan fingerprint density at radius 1 is 1.40 bits per heavy atom. The van der Waals surface area contributed by atoms with Crippen LogP contribution < -0.4 is 4.74 Å². The minimum Gasteiger partial charge on any atom is -0.485 e. The zero-order valence-corrected chi connectivity index (χ0v) is 8.65. The smallest absolute Gasteiger partial charge is 0.132 e. The van der Waals surface area contributed by atoms with Gasteiger partial charge in [-0.05, 0) is 26.0 Å². The number of epoxide rings is 1. The predicted molar refractivity (Wildman–Crippen MR) is 53.5 cm³/mol. The van der Waals surface area contributed by atoms with Crippen LogP contribution in [0.3, 0.4) is 0 Å². The first-order valence-corrected chi connectivity index (χ1v) is 5.00. The Morgan fingerprint density at radius 2 is 2.20 bits per heavy atom. The third-order valence-electron chi connectivity index (χ3n) is 3.00. The van der Waals surface area contributed by atoms with Gasteiger partial charge in [0.05, 0.1) is 11.6 Å². The number of ether oxygens (including phenoxy) is 2. The Bertz CT molecular complexity index is 473. The van der Waals surface area contributed by atoms with Crippen LogP contribution in [-0.2, 0) is 4.74 Å². The molecule has 0 spiro atoms. The summed E-state index contributed by atoms with van der Waals surface area (Å²) >= 11 is 0. The molecule has 3 rings (SSSR count). The number of nitrogens with zero attached hydrogens (tertiary/aromatic N) is 1. The molecule has 2 heterocycles. The zero-order chi connectivity index (χ0) is 10.6. The number of hydrogen-bond donors (Lipinski definition) is 0. The predicted octanol–water partition coefficient (Wildman–Crippen LogP) is 2.17. The molecule has 2 aliphatic heterocycles. The van der Waals surface area contributed by atoms with E-state index in [2.05, 4.69) is 6.07 Å². The fourth-order valence-electron chi connectivity index (χ4n) is 2.15. The van der Waals surface area contributed by atoms with E-state index in [1.807, 2.05) is 19.9 Å². The standard InChI is InChI=1S/C12H11NO2/c1-12(2)11-10(14-11)8-4-3-7(6-13)5-9(8)15-12/h3-5,10-11H,1-2H3/t10-,11+/m1/s1. The molecule has 1 fully saturated rings. The second-order valence-corrected chi connectivity index (χ2v) is 4.55. The average molecular weight is 201 g/mol. The maximum Gasteiger partial charge on any atom is 0.132 e. The van der Waals surface area contributed by atoms with E-state index in [4.69, 9.17) is 14.7 Å². The lowest BCUT2D eigenvalue weighted by molar-refractivity contribution is 0.0725. The Kier molecular flexibility index (Phi) is 1.48. The van der Waals surface area contributed by atoms with Crippen LogP contribution in [0.25, 0.3) is 0 Å². The molecule has 15 heavy (non-hydrogen) atoms. The molecule has 0 saturated carbocycles. The maximum absolute atomic E-state index is 8.81. The monoisotopic (exact) mass is 201 g/mol. The largest absolute Gasteiger partial charge is 0.485 e. The quantitative estimate of drug-likeness (QED) is 0.604. The van der Waals surface area contributed by atoms with Crippen molar-refractivity contribution in [3.63, 3.8) is 0 Å². The highest BCUT2D eigenvalue weighted by Crippen LogP contribution is 2.53. The molecular formula is C12H11NO2. The molecule has 2 atom stereocenters. The van der Waals surface area contributed by atoms with Gasteiger partial charge in [-0.2, -0.15) is 5.26 Å². The SMILES string of the molecule is CC1(C)Oc2cc(C#N)ccc2[C@H]2O[C@@H]21. The van der Waals surface area contributed by atoms with Gasteiger partial charge in [0.2, 0.25) is 0 Å². The van der Waals surface area contributed by atoms with Gasteiger partial charge in [0.15, 0.2) is 0 Å². The summed E-state index contributed by atoms with van der Waals surface area (Å²) in [6, 6.07) is 7.63. The first-order valence-electron chi connectivity index (χ1n) is 5.00. The van der Waals surface area contributed by atoms with Crippen LogP contribution in [-0.4, -0.2) is 11.7 Å². The number of hydrogen-bond acceptors (Lipinski definition) is 3. The second-order valence-electron chi connectivity index (χ2n) is 4.55. The number of rotatable bonds is 0. The van der Waals surface area contributed by atoms with Crippen molar-refractivity contribution < 1.29 is 9.47 Å². The first kappa shape index (κ1) is 8.75. The van der Waals surface area contributed by atoms with Crippen molar-refractivity contribution in [2.45, 2.75) is 31.7 Å². The van der Waals surface area contributed by atoms with Crippen molar-refractivity contribution in [2.75, 3.05) is 0 Å². The minimum absolute atomic E-state index is 0.163. The summed E-state index contributed by atoms with van der Waals surface area (Å²) in [5.41, 5.74) is 1.41. The van der Waals surface area contributed by atoms with Crippen molar-refractivity contribution in [2.24, 2.45) is 0 Å². The highest BCUT2D eigenvalue weighted by atomic mass is 16.6. The fraction of sp³-hybridized carbons (Fsp3) is 0.417. The molecule has 1 aromatic carbocycles. The zero-order valence-electron chi connectivity index (χ0n) is 8.65. The summed E-state index contributed by atoms with van der Waals surface area (Å²) in [5, 5.41) is 8.81. The Morgan fingerprint density at radius 3 is 2.93 bits per heavy atom. The summed E-state index contributed by atoms with van der Waals surface area (Å²) in [7, 11) is 0. The van der Waals surface area contributed by atoms with E-state index in [9.17, 15) is 0 Å². The lowest BCUT2D eigenvalue weighted by atomic mass is 9.94. The van der Waals surface area contributed by atoms with Gasteiger partial charge < -0.3 is 9.47 Å². The van der Waals surface area contributed by atoms with Crippen molar-refractivity contribution in [1.82, 2.24) is 0 Å². The van der Waals surface area contributed by atoms with Crippen molar-refractivity contribution >= 4 is 0 Å². The van der Waals surface area contributed by atoms with Gasteiger partial charge in [-0.1, -0.05) is 6.07 Å². The molecule has 2 aliphatic rings. The van der Waals surface area contributed by atoms with Crippen LogP contribution in [0.5, 0.6) is 5.75 Å². The normalized spacial score (nSPS) is 29.4. The van der Waals surface area contributed by atoms with Gasteiger partial charge in [-0.25, -0.2) is 0 Å². The van der Waals surface area contributed by atoms with E-state index >= 15 is 0 Å². The molecule has 0 aliphatic carbocycles. The van der Waals surface area contributed by atoms with Gasteiger partial charge in [-0.15, -0.1) is 0 Å². The second kappa shape index (κ2) is 2.53. The Balaban J connectivity index is 2.10. The van der Waals surface area contributed by atoms with E-state index < -0.39 is 0 Å². The van der Waals surface area contributed by atoms with Gasteiger partial charge in [0.25, 0.3) is 0 Å². The van der Waals surface area contributed by atoms with E-state index in [0.717, 1.165) is 11.3 Å². The topological polar surface area (TPSA) is 45.5 Å². The van der Waals surface area contributed by atoms with Crippen LogP contribution in [0.15, 0.2) is 18.2 Å². The molecule has 0 aromatic heterocycles. The molecule has 1 aromatic rings. The molecular weight excluding hydrogens is 190 g/mol.